The van der Waals surface area contributed by atoms with Crippen molar-refractivity contribution in [2.24, 2.45) is 5.92 Å². The molecule has 0 N–H and O–H groups in total. The third-order valence-electron chi connectivity index (χ3n) is 4.37. The Balaban J connectivity index is 1.83. The van der Waals surface area contributed by atoms with E-state index in [1.54, 1.807) is 6.20 Å². The van der Waals surface area contributed by atoms with E-state index >= 15 is 0 Å². The van der Waals surface area contributed by atoms with Gasteiger partial charge in [-0.3, -0.25) is 4.79 Å². The van der Waals surface area contributed by atoms with Gasteiger partial charge in [0.2, 0.25) is 0 Å². The second kappa shape index (κ2) is 5.81. The largest absolute Gasteiger partial charge is 0.356 e. The lowest BCUT2D eigenvalue weighted by molar-refractivity contribution is 0.0683. The minimum Gasteiger partial charge on any atom is -0.356 e. The third kappa shape index (κ3) is 2.65. The summed E-state index contributed by atoms with van der Waals surface area (Å²) in [6.07, 6.45) is 6.54. The average Bonchev–Trinajstić information content (AvgIpc) is 3.00. The summed E-state index contributed by atoms with van der Waals surface area (Å²) in [4.78, 5) is 21.5. The molecule has 3 heterocycles. The van der Waals surface area contributed by atoms with Gasteiger partial charge in [0.05, 0.1) is 5.56 Å². The highest BCUT2D eigenvalue weighted by molar-refractivity contribution is 5.99. The summed E-state index contributed by atoms with van der Waals surface area (Å²) in [5.41, 5.74) is 0.781. The van der Waals surface area contributed by atoms with Crippen molar-refractivity contribution in [2.75, 3.05) is 31.1 Å². The zero-order valence-electron chi connectivity index (χ0n) is 12.2. The number of nitrogens with zero attached hydrogens (tertiary/aromatic N) is 3. The molecule has 1 amide bonds. The van der Waals surface area contributed by atoms with Crippen molar-refractivity contribution in [3.05, 3.63) is 23.9 Å². The van der Waals surface area contributed by atoms with E-state index < -0.39 is 0 Å². The van der Waals surface area contributed by atoms with Gasteiger partial charge in [0.15, 0.2) is 0 Å². The molecule has 0 saturated carbocycles. The quantitative estimate of drug-likeness (QED) is 0.831. The van der Waals surface area contributed by atoms with Crippen LogP contribution in [-0.4, -0.2) is 42.0 Å². The van der Waals surface area contributed by atoms with Crippen LogP contribution in [0.25, 0.3) is 0 Å². The van der Waals surface area contributed by atoms with E-state index in [4.69, 9.17) is 0 Å². The zero-order valence-corrected chi connectivity index (χ0v) is 12.2. The second-order valence-corrected chi connectivity index (χ2v) is 6.07. The first-order chi connectivity index (χ1) is 9.75. The summed E-state index contributed by atoms with van der Waals surface area (Å²) in [6, 6.07) is 3.81. The first-order valence-corrected chi connectivity index (χ1v) is 7.75. The normalized spacial score (nSPS) is 23.1. The van der Waals surface area contributed by atoms with E-state index in [-0.39, 0.29) is 5.91 Å². The summed E-state index contributed by atoms with van der Waals surface area (Å²) in [7, 11) is 0. The highest BCUT2D eigenvalue weighted by atomic mass is 16.2. The standard InChI is InChI=1S/C16H23N3O/c1-13-6-5-11-19(12-13)16(20)14-7-4-8-17-15(14)18-9-2-3-10-18/h4,7-8,13H,2-3,5-6,9-12H2,1H3. The Morgan fingerprint density at radius 3 is 2.80 bits per heavy atom. The van der Waals surface area contributed by atoms with Gasteiger partial charge in [-0.1, -0.05) is 6.92 Å². The molecule has 2 fully saturated rings. The minimum atomic E-state index is 0.159. The van der Waals surface area contributed by atoms with Gasteiger partial charge in [0.1, 0.15) is 5.82 Å². The number of anilines is 1. The summed E-state index contributed by atoms with van der Waals surface area (Å²) in [5.74, 6) is 1.65. The fourth-order valence-corrected chi connectivity index (χ4v) is 3.29. The van der Waals surface area contributed by atoms with E-state index in [0.717, 1.165) is 44.0 Å². The molecule has 3 rings (SSSR count). The molecule has 1 aromatic heterocycles. The molecule has 4 heteroatoms. The van der Waals surface area contributed by atoms with Crippen LogP contribution in [0.3, 0.4) is 0 Å². The average molecular weight is 273 g/mol. The number of hydrogen-bond donors (Lipinski definition) is 0. The monoisotopic (exact) mass is 273 g/mol. The van der Waals surface area contributed by atoms with Gasteiger partial charge >= 0.3 is 0 Å². The molecule has 0 aliphatic carbocycles. The van der Waals surface area contributed by atoms with Crippen LogP contribution < -0.4 is 4.90 Å². The van der Waals surface area contributed by atoms with Crippen LogP contribution in [0.5, 0.6) is 0 Å². The maximum atomic E-state index is 12.8. The van der Waals surface area contributed by atoms with Crippen molar-refractivity contribution >= 4 is 11.7 Å². The lowest BCUT2D eigenvalue weighted by Crippen LogP contribution is -2.40. The van der Waals surface area contributed by atoms with Crippen molar-refractivity contribution in [2.45, 2.75) is 32.6 Å². The summed E-state index contributed by atoms with van der Waals surface area (Å²) in [6.45, 7) is 6.04. The molecule has 1 aromatic rings. The van der Waals surface area contributed by atoms with Gasteiger partial charge < -0.3 is 9.80 Å². The molecule has 4 nitrogen and oxygen atoms in total. The van der Waals surface area contributed by atoms with Gasteiger partial charge in [-0.15, -0.1) is 0 Å². The van der Waals surface area contributed by atoms with Crippen LogP contribution >= 0.6 is 0 Å². The van der Waals surface area contributed by atoms with E-state index in [1.165, 1.54) is 19.3 Å². The van der Waals surface area contributed by atoms with Crippen molar-refractivity contribution in [1.29, 1.82) is 0 Å². The van der Waals surface area contributed by atoms with Crippen molar-refractivity contribution in [3.63, 3.8) is 0 Å². The van der Waals surface area contributed by atoms with Crippen LogP contribution in [0.15, 0.2) is 18.3 Å². The number of pyridine rings is 1. The number of hydrogen-bond acceptors (Lipinski definition) is 3. The molecular weight excluding hydrogens is 250 g/mol. The number of carbonyl (C=O) groups is 1. The van der Waals surface area contributed by atoms with E-state index in [2.05, 4.69) is 16.8 Å². The van der Waals surface area contributed by atoms with Gasteiger partial charge in [0, 0.05) is 32.4 Å². The topological polar surface area (TPSA) is 36.4 Å². The number of amides is 1. The Kier molecular flexibility index (Phi) is 3.90. The number of piperidine rings is 1. The van der Waals surface area contributed by atoms with Gasteiger partial charge in [0.25, 0.3) is 5.91 Å². The van der Waals surface area contributed by atoms with Crippen LogP contribution in [-0.2, 0) is 0 Å². The number of aromatic nitrogens is 1. The number of rotatable bonds is 2. The van der Waals surface area contributed by atoms with Crippen molar-refractivity contribution < 1.29 is 4.79 Å². The Morgan fingerprint density at radius 2 is 2.05 bits per heavy atom. The molecule has 108 valence electrons. The van der Waals surface area contributed by atoms with Crippen LogP contribution in [0.4, 0.5) is 5.82 Å². The highest BCUT2D eigenvalue weighted by Crippen LogP contribution is 2.25. The highest BCUT2D eigenvalue weighted by Gasteiger charge is 2.26. The van der Waals surface area contributed by atoms with Crippen molar-refractivity contribution in [3.8, 4) is 0 Å². The van der Waals surface area contributed by atoms with Gasteiger partial charge in [-0.2, -0.15) is 0 Å². The summed E-state index contributed by atoms with van der Waals surface area (Å²) >= 11 is 0. The maximum Gasteiger partial charge on any atom is 0.257 e. The molecule has 2 aliphatic rings. The Hall–Kier alpha value is -1.58. The first-order valence-electron chi connectivity index (χ1n) is 7.75. The predicted molar refractivity (Wildman–Crippen MR) is 80.0 cm³/mol. The molecule has 1 atom stereocenters. The molecule has 2 aliphatic heterocycles. The first kappa shape index (κ1) is 13.4. The molecule has 1 unspecified atom stereocenters. The number of carbonyl (C=O) groups excluding carboxylic acids is 1. The summed E-state index contributed by atoms with van der Waals surface area (Å²) in [5, 5.41) is 0. The van der Waals surface area contributed by atoms with E-state index in [1.807, 2.05) is 17.0 Å². The Bertz CT molecular complexity index is 482. The van der Waals surface area contributed by atoms with Gasteiger partial charge in [-0.25, -0.2) is 4.98 Å². The van der Waals surface area contributed by atoms with E-state index in [0.29, 0.717) is 5.92 Å². The predicted octanol–water partition coefficient (Wildman–Crippen LogP) is 2.55. The minimum absolute atomic E-state index is 0.159. The molecular formula is C16H23N3O. The SMILES string of the molecule is CC1CCCN(C(=O)c2cccnc2N2CCCC2)C1. The molecule has 0 spiro atoms. The Labute approximate surface area is 120 Å². The Morgan fingerprint density at radius 1 is 1.25 bits per heavy atom. The molecule has 0 aromatic carbocycles. The van der Waals surface area contributed by atoms with Crippen LogP contribution in [0.2, 0.25) is 0 Å². The smallest absolute Gasteiger partial charge is 0.257 e. The lowest BCUT2D eigenvalue weighted by Gasteiger charge is -2.32. The van der Waals surface area contributed by atoms with Crippen molar-refractivity contribution in [1.82, 2.24) is 9.88 Å². The molecule has 0 bridgehead atoms. The van der Waals surface area contributed by atoms with E-state index in [9.17, 15) is 4.79 Å². The fourth-order valence-electron chi connectivity index (χ4n) is 3.29. The maximum absolute atomic E-state index is 12.8. The van der Waals surface area contributed by atoms with Crippen LogP contribution in [0.1, 0.15) is 43.0 Å². The summed E-state index contributed by atoms with van der Waals surface area (Å²) < 4.78 is 0. The molecule has 2 saturated heterocycles. The van der Waals surface area contributed by atoms with Crippen LogP contribution in [0, 0.1) is 5.92 Å². The number of likely N-dealkylation sites (tertiary alicyclic amines) is 1. The second-order valence-electron chi connectivity index (χ2n) is 6.07. The third-order valence-corrected chi connectivity index (χ3v) is 4.37. The zero-order chi connectivity index (χ0) is 13.9. The van der Waals surface area contributed by atoms with Gasteiger partial charge in [-0.05, 0) is 43.7 Å². The lowest BCUT2D eigenvalue weighted by atomic mass is 9.99. The molecule has 20 heavy (non-hydrogen) atoms. The fraction of sp³-hybridized carbons (Fsp3) is 0.625. The molecule has 0 radical (unpaired) electrons.